The van der Waals surface area contributed by atoms with Gasteiger partial charge in [-0.2, -0.15) is 0 Å². The molecule has 0 unspecified atom stereocenters. The highest BCUT2D eigenvalue weighted by atomic mass is 16.5. The molecule has 0 fully saturated rings. The predicted octanol–water partition coefficient (Wildman–Crippen LogP) is 2.46. The minimum absolute atomic E-state index is 0.172. The first-order valence-corrected chi connectivity index (χ1v) is 7.08. The van der Waals surface area contributed by atoms with Crippen molar-refractivity contribution >= 4 is 5.91 Å². The Morgan fingerprint density at radius 1 is 1.35 bits per heavy atom. The molecule has 3 N–H and O–H groups in total. The molecule has 0 aliphatic rings. The van der Waals surface area contributed by atoms with Gasteiger partial charge in [0.1, 0.15) is 5.75 Å². The van der Waals surface area contributed by atoms with Gasteiger partial charge in [0.15, 0.2) is 0 Å². The molecule has 0 saturated heterocycles. The molecule has 0 heterocycles. The molecule has 1 aromatic rings. The third-order valence-electron chi connectivity index (χ3n) is 2.95. The maximum atomic E-state index is 11.8. The fourth-order valence-corrected chi connectivity index (χ4v) is 1.60. The third-order valence-corrected chi connectivity index (χ3v) is 2.95. The number of hydrogen-bond acceptors (Lipinski definition) is 3. The Morgan fingerprint density at radius 3 is 2.60 bits per heavy atom. The number of benzene rings is 1. The van der Waals surface area contributed by atoms with Crippen LogP contribution in [-0.2, 0) is 11.3 Å². The Bertz CT molecular complexity index is 436. The lowest BCUT2D eigenvalue weighted by Crippen LogP contribution is -2.48. The molecule has 0 bridgehead atoms. The molecule has 1 amide bonds. The van der Waals surface area contributed by atoms with E-state index in [0.717, 1.165) is 17.7 Å². The Labute approximate surface area is 121 Å². The van der Waals surface area contributed by atoms with Crippen molar-refractivity contribution in [2.75, 3.05) is 6.61 Å². The van der Waals surface area contributed by atoms with Gasteiger partial charge in [0, 0.05) is 12.1 Å². The lowest BCUT2D eigenvalue weighted by Gasteiger charge is -2.19. The Morgan fingerprint density at radius 2 is 2.00 bits per heavy atom. The van der Waals surface area contributed by atoms with E-state index >= 15 is 0 Å². The zero-order valence-electron chi connectivity index (χ0n) is 12.9. The topological polar surface area (TPSA) is 64.3 Å². The van der Waals surface area contributed by atoms with Gasteiger partial charge in [0.2, 0.25) is 5.91 Å². The van der Waals surface area contributed by atoms with Crippen LogP contribution < -0.4 is 15.8 Å². The number of hydrogen-bond donors (Lipinski definition) is 2. The Kier molecular flexibility index (Phi) is 6.02. The van der Waals surface area contributed by atoms with Gasteiger partial charge in [-0.05, 0) is 32.3 Å². The van der Waals surface area contributed by atoms with Crippen LogP contribution in [0.3, 0.4) is 0 Å². The van der Waals surface area contributed by atoms with Gasteiger partial charge in [-0.3, -0.25) is 4.79 Å². The molecule has 0 radical (unpaired) electrons. The molecule has 0 aliphatic carbocycles. The van der Waals surface area contributed by atoms with Crippen LogP contribution in [-0.4, -0.2) is 18.1 Å². The van der Waals surface area contributed by atoms with Gasteiger partial charge < -0.3 is 15.8 Å². The summed E-state index contributed by atoms with van der Waals surface area (Å²) in [5, 5.41) is 2.83. The van der Waals surface area contributed by atoms with Crippen LogP contribution in [0.25, 0.3) is 0 Å². The average Bonchev–Trinajstić information content (AvgIpc) is 2.35. The van der Waals surface area contributed by atoms with Crippen molar-refractivity contribution in [3.8, 4) is 5.75 Å². The van der Waals surface area contributed by atoms with Crippen LogP contribution in [0.2, 0.25) is 0 Å². The quantitative estimate of drug-likeness (QED) is 0.805. The maximum Gasteiger partial charge on any atom is 0.239 e. The molecule has 0 saturated carbocycles. The number of ether oxygens (including phenoxy) is 1. The number of carbonyl (C=O) groups excluding carboxylic acids is 1. The van der Waals surface area contributed by atoms with Crippen LogP contribution in [0.1, 0.15) is 39.7 Å². The highest BCUT2D eigenvalue weighted by Crippen LogP contribution is 2.18. The molecule has 4 nitrogen and oxygen atoms in total. The number of nitrogens with one attached hydrogen (secondary N) is 1. The van der Waals surface area contributed by atoms with Crippen molar-refractivity contribution in [2.24, 2.45) is 11.7 Å². The van der Waals surface area contributed by atoms with Gasteiger partial charge in [0.25, 0.3) is 0 Å². The summed E-state index contributed by atoms with van der Waals surface area (Å²) in [7, 11) is 0. The summed E-state index contributed by atoms with van der Waals surface area (Å²) in [6.45, 7) is 8.82. The summed E-state index contributed by atoms with van der Waals surface area (Å²) in [6, 6.07) is 7.75. The molecule has 1 aromatic carbocycles. The first-order chi connectivity index (χ1) is 9.30. The zero-order chi connectivity index (χ0) is 15.2. The van der Waals surface area contributed by atoms with Crippen molar-refractivity contribution in [1.82, 2.24) is 5.32 Å². The summed E-state index contributed by atoms with van der Waals surface area (Å²) in [5.74, 6) is 1.26. The number of carbonyl (C=O) groups is 1. The highest BCUT2D eigenvalue weighted by Gasteiger charge is 2.21. The van der Waals surface area contributed by atoms with Crippen LogP contribution in [0.15, 0.2) is 24.3 Å². The van der Waals surface area contributed by atoms with E-state index in [9.17, 15) is 4.79 Å². The van der Waals surface area contributed by atoms with E-state index < -0.39 is 5.54 Å². The number of rotatable bonds is 7. The van der Waals surface area contributed by atoms with Gasteiger partial charge in [-0.1, -0.05) is 32.0 Å². The van der Waals surface area contributed by atoms with Crippen molar-refractivity contribution in [3.05, 3.63) is 29.8 Å². The normalized spacial score (nSPS) is 11.5. The molecule has 20 heavy (non-hydrogen) atoms. The van der Waals surface area contributed by atoms with Crippen LogP contribution in [0, 0.1) is 5.92 Å². The molecular weight excluding hydrogens is 252 g/mol. The van der Waals surface area contributed by atoms with E-state index in [4.69, 9.17) is 10.5 Å². The minimum atomic E-state index is -0.868. The van der Waals surface area contributed by atoms with Gasteiger partial charge in [-0.25, -0.2) is 0 Å². The third kappa shape index (κ3) is 5.61. The number of para-hydroxylation sites is 1. The van der Waals surface area contributed by atoms with E-state index in [1.165, 1.54) is 0 Å². The van der Waals surface area contributed by atoms with E-state index in [1.54, 1.807) is 13.8 Å². The lowest BCUT2D eigenvalue weighted by atomic mass is 10.1. The fourth-order valence-electron chi connectivity index (χ4n) is 1.60. The monoisotopic (exact) mass is 278 g/mol. The van der Waals surface area contributed by atoms with Crippen molar-refractivity contribution in [3.63, 3.8) is 0 Å². The van der Waals surface area contributed by atoms with Gasteiger partial charge in [0.05, 0.1) is 12.1 Å². The largest absolute Gasteiger partial charge is 0.493 e. The summed E-state index contributed by atoms with van der Waals surface area (Å²) in [4.78, 5) is 11.8. The minimum Gasteiger partial charge on any atom is -0.493 e. The van der Waals surface area contributed by atoms with E-state index in [1.807, 2.05) is 24.3 Å². The van der Waals surface area contributed by atoms with Crippen LogP contribution in [0.5, 0.6) is 5.75 Å². The molecule has 0 aliphatic heterocycles. The second-order valence-corrected chi connectivity index (χ2v) is 6.04. The average molecular weight is 278 g/mol. The molecule has 1 rings (SSSR count). The van der Waals surface area contributed by atoms with Crippen molar-refractivity contribution in [2.45, 2.75) is 46.2 Å². The molecule has 112 valence electrons. The molecule has 0 atom stereocenters. The summed E-state index contributed by atoms with van der Waals surface area (Å²) < 4.78 is 5.78. The van der Waals surface area contributed by atoms with E-state index in [0.29, 0.717) is 19.1 Å². The zero-order valence-corrected chi connectivity index (χ0v) is 12.9. The molecule has 4 heteroatoms. The van der Waals surface area contributed by atoms with Crippen LogP contribution in [0.4, 0.5) is 0 Å². The standard InChI is InChI=1S/C16H26N2O2/c1-12(2)9-10-20-14-8-6-5-7-13(14)11-18-15(19)16(3,4)17/h5-8,12H,9-11,17H2,1-4H3,(H,18,19). The number of nitrogens with two attached hydrogens (primary N) is 1. The van der Waals surface area contributed by atoms with Crippen LogP contribution >= 0.6 is 0 Å². The first kappa shape index (κ1) is 16.5. The second kappa shape index (κ2) is 7.29. The smallest absolute Gasteiger partial charge is 0.239 e. The Balaban J connectivity index is 2.59. The fraction of sp³-hybridized carbons (Fsp3) is 0.562. The second-order valence-electron chi connectivity index (χ2n) is 6.04. The van der Waals surface area contributed by atoms with E-state index in [2.05, 4.69) is 19.2 Å². The summed E-state index contributed by atoms with van der Waals surface area (Å²) in [6.07, 6.45) is 1.01. The van der Waals surface area contributed by atoms with Crippen molar-refractivity contribution < 1.29 is 9.53 Å². The van der Waals surface area contributed by atoms with Gasteiger partial charge >= 0.3 is 0 Å². The SMILES string of the molecule is CC(C)CCOc1ccccc1CNC(=O)C(C)(C)N. The number of amides is 1. The maximum absolute atomic E-state index is 11.8. The van der Waals surface area contributed by atoms with Gasteiger partial charge in [-0.15, -0.1) is 0 Å². The van der Waals surface area contributed by atoms with E-state index in [-0.39, 0.29) is 5.91 Å². The summed E-state index contributed by atoms with van der Waals surface area (Å²) in [5.41, 5.74) is 5.85. The molecular formula is C16H26N2O2. The summed E-state index contributed by atoms with van der Waals surface area (Å²) >= 11 is 0. The predicted molar refractivity (Wildman–Crippen MR) is 81.5 cm³/mol. The molecule has 0 spiro atoms. The first-order valence-electron chi connectivity index (χ1n) is 7.08. The lowest BCUT2D eigenvalue weighted by molar-refractivity contribution is -0.125. The highest BCUT2D eigenvalue weighted by molar-refractivity contribution is 5.85. The molecule has 0 aromatic heterocycles. The Hall–Kier alpha value is -1.55. The van der Waals surface area contributed by atoms with Crippen molar-refractivity contribution in [1.29, 1.82) is 0 Å².